The van der Waals surface area contributed by atoms with E-state index in [0.29, 0.717) is 41.9 Å². The average Bonchev–Trinajstić information content (AvgIpc) is 2.78. The number of imide groups is 1. The number of aryl methyl sites for hydroxylation is 1. The Bertz CT molecular complexity index is 977. The molecule has 0 radical (unpaired) electrons. The van der Waals surface area contributed by atoms with Crippen LogP contribution in [0.15, 0.2) is 36.4 Å². The molecule has 2 rings (SSSR count). The van der Waals surface area contributed by atoms with E-state index in [2.05, 4.69) is 10.6 Å². The van der Waals surface area contributed by atoms with Crippen molar-refractivity contribution >= 4 is 23.6 Å². The van der Waals surface area contributed by atoms with Gasteiger partial charge < -0.3 is 29.0 Å². The number of carbonyl (C=O) groups excluding carboxylic acids is 3. The van der Waals surface area contributed by atoms with Gasteiger partial charge in [-0.3, -0.25) is 10.1 Å². The Hall–Kier alpha value is -3.95. The summed E-state index contributed by atoms with van der Waals surface area (Å²) in [6, 6.07) is 9.27. The fourth-order valence-electron chi connectivity index (χ4n) is 2.67. The summed E-state index contributed by atoms with van der Waals surface area (Å²) in [5, 5.41) is 4.58. The fourth-order valence-corrected chi connectivity index (χ4v) is 2.67. The molecule has 0 saturated heterocycles. The van der Waals surface area contributed by atoms with Crippen LogP contribution < -0.4 is 29.6 Å². The van der Waals surface area contributed by atoms with Crippen molar-refractivity contribution in [3.63, 3.8) is 0 Å². The van der Waals surface area contributed by atoms with Gasteiger partial charge >= 0.3 is 12.0 Å². The lowest BCUT2D eigenvalue weighted by Crippen LogP contribution is -2.37. The number of carbonyl (C=O) groups is 3. The summed E-state index contributed by atoms with van der Waals surface area (Å²) < 4.78 is 26.3. The minimum absolute atomic E-state index is 0.366. The van der Waals surface area contributed by atoms with Crippen LogP contribution in [-0.2, 0) is 14.3 Å². The van der Waals surface area contributed by atoms with Crippen molar-refractivity contribution in [3.8, 4) is 23.0 Å². The number of amides is 3. The van der Waals surface area contributed by atoms with Crippen LogP contribution in [0.25, 0.3) is 0 Å². The smallest absolute Gasteiger partial charge is 0.344 e. The van der Waals surface area contributed by atoms with Gasteiger partial charge in [-0.15, -0.1) is 0 Å². The summed E-state index contributed by atoms with van der Waals surface area (Å²) in [5.41, 5.74) is 1.36. The van der Waals surface area contributed by atoms with Gasteiger partial charge in [0, 0.05) is 11.8 Å². The molecule has 3 amide bonds. The molecule has 2 N–H and O–H groups in total. The molecule has 0 aliphatic rings. The molecule has 0 aliphatic heterocycles. The van der Waals surface area contributed by atoms with Gasteiger partial charge in [0.05, 0.1) is 20.3 Å². The van der Waals surface area contributed by atoms with Crippen LogP contribution >= 0.6 is 0 Å². The van der Waals surface area contributed by atoms with Crippen LogP contribution in [-0.4, -0.2) is 51.4 Å². The van der Waals surface area contributed by atoms with Crippen LogP contribution in [0.1, 0.15) is 19.4 Å². The van der Waals surface area contributed by atoms with E-state index in [-0.39, 0.29) is 0 Å². The predicted octanol–water partition coefficient (Wildman–Crippen LogP) is 3.07. The Labute approximate surface area is 192 Å². The molecule has 0 heterocycles. The number of rotatable bonds is 11. The number of hydrogen-bond donors (Lipinski definition) is 2. The molecule has 0 saturated carbocycles. The highest BCUT2D eigenvalue weighted by Gasteiger charge is 2.14. The van der Waals surface area contributed by atoms with Crippen molar-refractivity contribution in [1.82, 2.24) is 5.32 Å². The van der Waals surface area contributed by atoms with E-state index < -0.39 is 31.1 Å². The Balaban J connectivity index is 1.79. The van der Waals surface area contributed by atoms with Crippen LogP contribution in [0.2, 0.25) is 0 Å². The third kappa shape index (κ3) is 8.24. The van der Waals surface area contributed by atoms with Crippen LogP contribution in [0, 0.1) is 6.92 Å². The molecule has 0 atom stereocenters. The average molecular weight is 460 g/mol. The minimum Gasteiger partial charge on any atom is -0.493 e. The normalized spacial score (nSPS) is 10.1. The van der Waals surface area contributed by atoms with E-state index in [1.165, 1.54) is 7.11 Å². The molecule has 33 heavy (non-hydrogen) atoms. The highest BCUT2D eigenvalue weighted by atomic mass is 16.6. The molecule has 2 aromatic rings. The monoisotopic (exact) mass is 460 g/mol. The first-order chi connectivity index (χ1) is 15.9. The van der Waals surface area contributed by atoms with Gasteiger partial charge in [-0.05, 0) is 50.6 Å². The van der Waals surface area contributed by atoms with E-state index >= 15 is 0 Å². The number of anilines is 1. The number of methoxy groups -OCH3 is 1. The molecule has 10 heteroatoms. The topological polar surface area (TPSA) is 121 Å². The van der Waals surface area contributed by atoms with Crippen LogP contribution in [0.5, 0.6) is 23.0 Å². The molecule has 0 spiro atoms. The highest BCUT2D eigenvalue weighted by Crippen LogP contribution is 2.30. The van der Waals surface area contributed by atoms with E-state index in [0.717, 1.165) is 5.56 Å². The molecule has 0 bridgehead atoms. The predicted molar refractivity (Wildman–Crippen MR) is 120 cm³/mol. The highest BCUT2D eigenvalue weighted by molar-refractivity contribution is 6.02. The lowest BCUT2D eigenvalue weighted by molar-refractivity contribution is -0.150. The first-order valence-corrected chi connectivity index (χ1v) is 10.3. The molecule has 178 valence electrons. The number of esters is 1. The molecular weight excluding hydrogens is 432 g/mol. The van der Waals surface area contributed by atoms with Gasteiger partial charge in [-0.1, -0.05) is 6.07 Å². The molecule has 10 nitrogen and oxygen atoms in total. The summed E-state index contributed by atoms with van der Waals surface area (Å²) in [6.07, 6.45) is 0. The summed E-state index contributed by atoms with van der Waals surface area (Å²) in [4.78, 5) is 35.8. The number of nitrogens with one attached hydrogen (secondary N) is 2. The number of urea groups is 1. The maximum Gasteiger partial charge on any atom is 0.344 e. The summed E-state index contributed by atoms with van der Waals surface area (Å²) in [5.74, 6) is 0.261. The first kappa shape index (κ1) is 25.3. The van der Waals surface area contributed by atoms with Crippen molar-refractivity contribution in [3.05, 3.63) is 42.0 Å². The Morgan fingerprint density at radius 3 is 2.18 bits per heavy atom. The third-order valence-electron chi connectivity index (χ3n) is 4.08. The minimum atomic E-state index is -0.801. The number of hydrogen-bond acceptors (Lipinski definition) is 8. The molecule has 0 fully saturated rings. The van der Waals surface area contributed by atoms with E-state index in [1.807, 2.05) is 20.8 Å². The summed E-state index contributed by atoms with van der Waals surface area (Å²) >= 11 is 0. The number of benzene rings is 2. The van der Waals surface area contributed by atoms with Gasteiger partial charge in [0.2, 0.25) is 0 Å². The summed E-state index contributed by atoms with van der Waals surface area (Å²) in [6.45, 7) is 5.37. The van der Waals surface area contributed by atoms with Crippen molar-refractivity contribution < 1.29 is 38.1 Å². The van der Waals surface area contributed by atoms with Crippen LogP contribution in [0.3, 0.4) is 0 Å². The summed E-state index contributed by atoms with van der Waals surface area (Å²) in [7, 11) is 1.49. The molecule has 0 aromatic heterocycles. The molecule has 0 aliphatic carbocycles. The largest absolute Gasteiger partial charge is 0.493 e. The standard InChI is InChI=1S/C23H28N2O8/c1-5-30-18-10-8-16(12-20(18)31-6-2)24-23(28)25-21(26)13-33-22(27)14-32-17-9-7-15(3)11-19(17)29-4/h7-12H,5-6,13-14H2,1-4H3,(H2,24,25,26,28). The quantitative estimate of drug-likeness (QED) is 0.491. The second-order valence-electron chi connectivity index (χ2n) is 6.63. The molecule has 0 unspecified atom stereocenters. The third-order valence-corrected chi connectivity index (χ3v) is 4.08. The van der Waals surface area contributed by atoms with E-state index in [4.69, 9.17) is 23.7 Å². The SMILES string of the molecule is CCOc1ccc(NC(=O)NC(=O)COC(=O)COc2ccc(C)cc2OC)cc1OCC. The van der Waals surface area contributed by atoms with Crippen molar-refractivity contribution in [2.45, 2.75) is 20.8 Å². The van der Waals surface area contributed by atoms with Gasteiger partial charge in [-0.25, -0.2) is 9.59 Å². The van der Waals surface area contributed by atoms with Gasteiger partial charge in [0.15, 0.2) is 36.2 Å². The van der Waals surface area contributed by atoms with E-state index in [9.17, 15) is 14.4 Å². The van der Waals surface area contributed by atoms with Gasteiger partial charge in [-0.2, -0.15) is 0 Å². The first-order valence-electron chi connectivity index (χ1n) is 10.3. The van der Waals surface area contributed by atoms with Crippen molar-refractivity contribution in [1.29, 1.82) is 0 Å². The van der Waals surface area contributed by atoms with Gasteiger partial charge in [0.25, 0.3) is 5.91 Å². The lowest BCUT2D eigenvalue weighted by atomic mass is 10.2. The Morgan fingerprint density at radius 2 is 1.48 bits per heavy atom. The second-order valence-corrected chi connectivity index (χ2v) is 6.63. The van der Waals surface area contributed by atoms with Crippen molar-refractivity contribution in [2.24, 2.45) is 0 Å². The zero-order valence-electron chi connectivity index (χ0n) is 19.1. The second kappa shape index (κ2) is 12.8. The zero-order valence-corrected chi connectivity index (χ0v) is 19.1. The lowest BCUT2D eigenvalue weighted by Gasteiger charge is -2.13. The van der Waals surface area contributed by atoms with E-state index in [1.54, 1.807) is 36.4 Å². The zero-order chi connectivity index (χ0) is 24.2. The maximum atomic E-state index is 12.1. The number of ether oxygens (including phenoxy) is 5. The Kier molecular flexibility index (Phi) is 9.81. The van der Waals surface area contributed by atoms with Crippen molar-refractivity contribution in [2.75, 3.05) is 38.9 Å². The molecular formula is C23H28N2O8. The maximum absolute atomic E-state index is 12.1. The fraction of sp³-hybridized carbons (Fsp3) is 0.348. The Morgan fingerprint density at radius 1 is 0.818 bits per heavy atom. The van der Waals surface area contributed by atoms with Crippen LogP contribution in [0.4, 0.5) is 10.5 Å². The van der Waals surface area contributed by atoms with Gasteiger partial charge in [0.1, 0.15) is 0 Å². The molecule has 2 aromatic carbocycles.